The van der Waals surface area contributed by atoms with Crippen LogP contribution in [0.4, 0.5) is 0 Å². The van der Waals surface area contributed by atoms with Gasteiger partial charge in [0.05, 0.1) is 0 Å². The molecular weight excluding hydrogens is 234 g/mol. The fourth-order valence-corrected chi connectivity index (χ4v) is 1.93. The summed E-state index contributed by atoms with van der Waals surface area (Å²) in [6, 6.07) is 0. The minimum atomic E-state index is 1.00. The molecule has 0 aromatic heterocycles. The minimum absolute atomic E-state index is 1.00. The molecule has 0 atom stereocenters. The fraction of sp³-hybridized carbons (Fsp3) is 0.800. The second-order valence-electron chi connectivity index (χ2n) is 1.52. The molecule has 4 heteroatoms. The summed E-state index contributed by atoms with van der Waals surface area (Å²) in [6.45, 7) is 6.29. The van der Waals surface area contributed by atoms with Crippen LogP contribution in [0.15, 0.2) is 0 Å². The van der Waals surface area contributed by atoms with Crippen LogP contribution in [0.3, 0.4) is 0 Å². The van der Waals surface area contributed by atoms with Crippen molar-refractivity contribution >= 4 is 26.0 Å². The summed E-state index contributed by atoms with van der Waals surface area (Å²) in [5, 5.41) is 0. The first-order chi connectivity index (χ1) is 4.26. The Labute approximate surface area is 76.2 Å². The molecule has 0 aliphatic heterocycles. The van der Waals surface area contributed by atoms with E-state index in [1.807, 2.05) is 18.5 Å². The molecule has 0 aliphatic rings. The Morgan fingerprint density at radius 1 is 1.56 bits per heavy atom. The van der Waals surface area contributed by atoms with Crippen LogP contribution in [-0.2, 0) is 18.5 Å². The van der Waals surface area contributed by atoms with E-state index < -0.39 is 0 Å². The molecule has 1 nitrogen and oxygen atoms in total. The zero-order valence-electron chi connectivity index (χ0n) is 5.59. The van der Waals surface area contributed by atoms with Gasteiger partial charge in [-0.05, 0) is 0 Å². The van der Waals surface area contributed by atoms with Gasteiger partial charge in [-0.1, -0.05) is 0 Å². The van der Waals surface area contributed by atoms with Crippen LogP contribution < -0.4 is 0 Å². The second kappa shape index (κ2) is 5.69. The Morgan fingerprint density at radius 2 is 2.00 bits per heavy atom. The Balaban J connectivity index is 3.64. The van der Waals surface area contributed by atoms with Crippen molar-refractivity contribution in [3.05, 3.63) is 0 Å². The van der Waals surface area contributed by atoms with Crippen LogP contribution in [0.25, 0.3) is 0 Å². The molecule has 0 saturated carbocycles. The number of thiocarbonyl (C=S) groups is 1. The summed E-state index contributed by atoms with van der Waals surface area (Å²) in [5.74, 6) is 0. The Bertz CT molecular complexity index is 93.0. The summed E-state index contributed by atoms with van der Waals surface area (Å²) in [5.41, 5.74) is 0. The maximum atomic E-state index is 5.07. The third-order valence-electron chi connectivity index (χ3n) is 1.09. The van der Waals surface area contributed by atoms with Crippen LogP contribution in [0, 0.1) is 0 Å². The van der Waals surface area contributed by atoms with Crippen LogP contribution in [-0.4, -0.2) is 22.3 Å². The van der Waals surface area contributed by atoms with Gasteiger partial charge in [-0.25, -0.2) is 0 Å². The third-order valence-corrected chi connectivity index (χ3v) is 4.01. The molecule has 53 valence electrons. The van der Waals surface area contributed by atoms with Gasteiger partial charge in [0.25, 0.3) is 0 Å². The number of nitrogens with zero attached hydrogens (tertiary/aromatic N) is 1. The molecular formula is C5H10MoNS2. The van der Waals surface area contributed by atoms with Crippen molar-refractivity contribution in [2.45, 2.75) is 13.8 Å². The van der Waals surface area contributed by atoms with Crippen molar-refractivity contribution in [3.8, 4) is 0 Å². The predicted octanol–water partition coefficient (Wildman–Crippen LogP) is 1.81. The zero-order chi connectivity index (χ0) is 7.28. The molecule has 9 heavy (non-hydrogen) atoms. The van der Waals surface area contributed by atoms with Crippen molar-refractivity contribution < 1.29 is 18.5 Å². The van der Waals surface area contributed by atoms with Gasteiger partial charge in [0, 0.05) is 0 Å². The monoisotopic (exact) mass is 246 g/mol. The summed E-state index contributed by atoms with van der Waals surface area (Å²) < 4.78 is 1.00. The van der Waals surface area contributed by atoms with Gasteiger partial charge in [0.2, 0.25) is 0 Å². The Hall–Kier alpha value is 0.928. The van der Waals surface area contributed by atoms with Gasteiger partial charge < -0.3 is 0 Å². The normalized spacial score (nSPS) is 9.11. The standard InChI is InChI=1S/C5H11NS2.Mo/c1-3-6(4-2)5(7)8;/h3-4H2,1-2H3,(H,7,8);/q;+1/p-1. The zero-order valence-corrected chi connectivity index (χ0v) is 9.23. The first-order valence-electron chi connectivity index (χ1n) is 2.85. The molecule has 0 radical (unpaired) electrons. The SMILES string of the molecule is CCN(CC)C(=S)[S][Mo]. The molecule has 0 fully saturated rings. The summed E-state index contributed by atoms with van der Waals surface area (Å²) in [6.07, 6.45) is 0. The van der Waals surface area contributed by atoms with Crippen LogP contribution in [0.1, 0.15) is 13.8 Å². The molecule has 0 unspecified atom stereocenters. The van der Waals surface area contributed by atoms with Crippen LogP contribution >= 0.6 is 21.7 Å². The van der Waals surface area contributed by atoms with Gasteiger partial charge in [0.1, 0.15) is 0 Å². The van der Waals surface area contributed by atoms with Crippen LogP contribution in [0.2, 0.25) is 0 Å². The molecule has 0 aromatic rings. The van der Waals surface area contributed by atoms with Gasteiger partial charge in [-0.3, -0.25) is 0 Å². The van der Waals surface area contributed by atoms with E-state index in [4.69, 9.17) is 12.2 Å². The number of rotatable bonds is 2. The predicted molar refractivity (Wildman–Crippen MR) is 43.1 cm³/mol. The molecule has 0 spiro atoms. The summed E-state index contributed by atoms with van der Waals surface area (Å²) in [7, 11) is 1.65. The molecule has 0 rings (SSSR count). The first kappa shape index (κ1) is 9.93. The summed E-state index contributed by atoms with van der Waals surface area (Å²) >= 11 is 7.02. The number of hydrogen-bond donors (Lipinski definition) is 0. The van der Waals surface area contributed by atoms with E-state index in [0.717, 1.165) is 17.4 Å². The molecule has 0 N–H and O–H groups in total. The first-order valence-corrected chi connectivity index (χ1v) is 6.45. The molecule has 0 aliphatic carbocycles. The van der Waals surface area contributed by atoms with Gasteiger partial charge >= 0.3 is 76.4 Å². The van der Waals surface area contributed by atoms with Crippen molar-refractivity contribution in [1.29, 1.82) is 0 Å². The summed E-state index contributed by atoms with van der Waals surface area (Å²) in [4.78, 5) is 2.17. The van der Waals surface area contributed by atoms with Crippen molar-refractivity contribution in [2.24, 2.45) is 0 Å². The van der Waals surface area contributed by atoms with Crippen molar-refractivity contribution in [2.75, 3.05) is 13.1 Å². The average molecular weight is 244 g/mol. The van der Waals surface area contributed by atoms with Crippen LogP contribution in [0.5, 0.6) is 0 Å². The average Bonchev–Trinajstić information content (AvgIpc) is 1.90. The van der Waals surface area contributed by atoms with Gasteiger partial charge in [-0.15, -0.1) is 0 Å². The Kier molecular flexibility index (Phi) is 6.28. The van der Waals surface area contributed by atoms with E-state index in [2.05, 4.69) is 18.7 Å². The number of hydrogen-bond acceptors (Lipinski definition) is 2. The fourth-order valence-electron chi connectivity index (χ4n) is 0.535. The van der Waals surface area contributed by atoms with E-state index >= 15 is 0 Å². The molecule has 0 aromatic carbocycles. The van der Waals surface area contributed by atoms with E-state index in [1.165, 1.54) is 0 Å². The molecule has 0 amide bonds. The third kappa shape index (κ3) is 3.59. The maximum absolute atomic E-state index is 5.07. The molecule has 0 heterocycles. The van der Waals surface area contributed by atoms with Crippen molar-refractivity contribution in [1.82, 2.24) is 4.90 Å². The van der Waals surface area contributed by atoms with Gasteiger partial charge in [0.15, 0.2) is 0 Å². The van der Waals surface area contributed by atoms with Crippen molar-refractivity contribution in [3.63, 3.8) is 0 Å². The van der Waals surface area contributed by atoms with E-state index in [-0.39, 0.29) is 0 Å². The topological polar surface area (TPSA) is 3.24 Å². The van der Waals surface area contributed by atoms with Gasteiger partial charge in [-0.2, -0.15) is 0 Å². The second-order valence-corrected chi connectivity index (χ2v) is 3.95. The quantitative estimate of drug-likeness (QED) is 0.538. The molecule has 0 saturated heterocycles. The van der Waals surface area contributed by atoms with E-state index in [0.29, 0.717) is 0 Å². The van der Waals surface area contributed by atoms with E-state index in [1.54, 1.807) is 9.47 Å². The van der Waals surface area contributed by atoms with E-state index in [9.17, 15) is 0 Å². The molecule has 0 bridgehead atoms. The Morgan fingerprint density at radius 3 is 2.11 bits per heavy atom.